The molecule has 1 heterocycles. The summed E-state index contributed by atoms with van der Waals surface area (Å²) in [6.45, 7) is 2.69. The number of hydrogen-bond donors (Lipinski definition) is 2. The van der Waals surface area contributed by atoms with Gasteiger partial charge in [0.25, 0.3) is 0 Å². The van der Waals surface area contributed by atoms with Gasteiger partial charge in [0, 0.05) is 12.7 Å². The van der Waals surface area contributed by atoms with Crippen LogP contribution in [-0.2, 0) is 10.0 Å². The highest BCUT2D eigenvalue weighted by atomic mass is 32.2. The molecule has 3 N–H and O–H groups in total. The number of hydrogen-bond acceptors (Lipinski definition) is 4. The Balaban J connectivity index is 2.02. The summed E-state index contributed by atoms with van der Waals surface area (Å²) in [5.41, 5.74) is 5.58. The van der Waals surface area contributed by atoms with Gasteiger partial charge >= 0.3 is 0 Å². The molecule has 1 saturated carbocycles. The van der Waals surface area contributed by atoms with Crippen LogP contribution in [0.2, 0.25) is 0 Å². The molecule has 2 rings (SSSR count). The molecule has 0 saturated heterocycles. The highest BCUT2D eigenvalue weighted by Gasteiger charge is 2.24. The molecule has 6 heteroatoms. The van der Waals surface area contributed by atoms with Gasteiger partial charge in [0.05, 0.1) is 0 Å². The van der Waals surface area contributed by atoms with Crippen LogP contribution in [0.3, 0.4) is 0 Å². The first-order valence-electron chi connectivity index (χ1n) is 6.19. The molecule has 0 aliphatic heterocycles. The third kappa shape index (κ3) is 3.00. The minimum atomic E-state index is -3.53. The van der Waals surface area contributed by atoms with Crippen LogP contribution in [0, 0.1) is 11.8 Å². The Morgan fingerprint density at radius 1 is 1.50 bits per heavy atom. The second kappa shape index (κ2) is 5.24. The standard InChI is InChI=1S/C12H19N3O2S/c1-9-4-5-10(7-9)8-15-18(16,17)11-3-2-6-14-12(11)13/h2-3,6,9-10,15H,4-5,7-8H2,1H3,(H2,13,14). The van der Waals surface area contributed by atoms with Crippen molar-refractivity contribution < 1.29 is 8.42 Å². The second-order valence-corrected chi connectivity index (χ2v) is 6.76. The van der Waals surface area contributed by atoms with Gasteiger partial charge < -0.3 is 5.73 Å². The van der Waals surface area contributed by atoms with Gasteiger partial charge in [0.2, 0.25) is 10.0 Å². The van der Waals surface area contributed by atoms with Gasteiger partial charge in [0.15, 0.2) is 0 Å². The molecule has 1 fully saturated rings. The van der Waals surface area contributed by atoms with Crippen LogP contribution < -0.4 is 10.5 Å². The number of rotatable bonds is 4. The number of pyridine rings is 1. The Labute approximate surface area is 108 Å². The van der Waals surface area contributed by atoms with E-state index < -0.39 is 10.0 Å². The number of nitrogen functional groups attached to an aromatic ring is 1. The van der Waals surface area contributed by atoms with Crippen LogP contribution in [0.15, 0.2) is 23.2 Å². The number of sulfonamides is 1. The van der Waals surface area contributed by atoms with E-state index in [1.165, 1.54) is 18.7 Å². The summed E-state index contributed by atoms with van der Waals surface area (Å²) in [7, 11) is -3.53. The van der Waals surface area contributed by atoms with Gasteiger partial charge in [-0.1, -0.05) is 13.3 Å². The zero-order valence-corrected chi connectivity index (χ0v) is 11.3. The molecule has 0 amide bonds. The normalized spacial score (nSPS) is 24.3. The van der Waals surface area contributed by atoms with Crippen molar-refractivity contribution >= 4 is 15.8 Å². The summed E-state index contributed by atoms with van der Waals surface area (Å²) in [5.74, 6) is 1.18. The van der Waals surface area contributed by atoms with Crippen molar-refractivity contribution in [3.63, 3.8) is 0 Å². The smallest absolute Gasteiger partial charge is 0.244 e. The minimum absolute atomic E-state index is 0.0461. The Kier molecular flexibility index (Phi) is 3.87. The molecule has 5 nitrogen and oxygen atoms in total. The summed E-state index contributed by atoms with van der Waals surface area (Å²) in [6.07, 6.45) is 4.84. The first-order chi connectivity index (χ1) is 8.49. The van der Waals surface area contributed by atoms with Crippen LogP contribution in [0.25, 0.3) is 0 Å². The largest absolute Gasteiger partial charge is 0.383 e. The summed E-state index contributed by atoms with van der Waals surface area (Å²) in [6, 6.07) is 3.05. The average molecular weight is 269 g/mol. The van der Waals surface area contributed by atoms with Crippen molar-refractivity contribution in [3.8, 4) is 0 Å². The van der Waals surface area contributed by atoms with E-state index in [0.29, 0.717) is 18.4 Å². The average Bonchev–Trinajstić information content (AvgIpc) is 2.73. The lowest BCUT2D eigenvalue weighted by molar-refractivity contribution is 0.498. The monoisotopic (exact) mass is 269 g/mol. The number of nitrogens with zero attached hydrogens (tertiary/aromatic N) is 1. The van der Waals surface area contributed by atoms with Gasteiger partial charge in [-0.3, -0.25) is 0 Å². The first kappa shape index (κ1) is 13.3. The summed E-state index contributed by atoms with van der Waals surface area (Å²) >= 11 is 0. The summed E-state index contributed by atoms with van der Waals surface area (Å²) < 4.78 is 26.8. The van der Waals surface area contributed by atoms with E-state index in [0.717, 1.165) is 12.8 Å². The van der Waals surface area contributed by atoms with E-state index in [1.807, 2.05) is 0 Å². The fourth-order valence-electron chi connectivity index (χ4n) is 2.45. The van der Waals surface area contributed by atoms with E-state index >= 15 is 0 Å². The zero-order chi connectivity index (χ0) is 13.2. The molecule has 1 aromatic heterocycles. The predicted octanol–water partition coefficient (Wildman–Crippen LogP) is 1.38. The molecular formula is C12H19N3O2S. The maximum absolute atomic E-state index is 12.1. The second-order valence-electron chi connectivity index (χ2n) is 5.02. The van der Waals surface area contributed by atoms with Crippen molar-refractivity contribution in [2.45, 2.75) is 31.1 Å². The SMILES string of the molecule is CC1CCC(CNS(=O)(=O)c2cccnc2N)C1. The third-order valence-electron chi connectivity index (χ3n) is 3.45. The number of nitrogens with two attached hydrogens (primary N) is 1. The quantitative estimate of drug-likeness (QED) is 0.864. The molecule has 1 aliphatic carbocycles. The molecule has 18 heavy (non-hydrogen) atoms. The van der Waals surface area contributed by atoms with Gasteiger partial charge in [-0.05, 0) is 36.8 Å². The first-order valence-corrected chi connectivity index (χ1v) is 7.67. The van der Waals surface area contributed by atoms with E-state index in [4.69, 9.17) is 5.73 Å². The number of nitrogens with one attached hydrogen (secondary N) is 1. The summed E-state index contributed by atoms with van der Waals surface area (Å²) in [4.78, 5) is 3.86. The highest BCUT2D eigenvalue weighted by molar-refractivity contribution is 7.89. The van der Waals surface area contributed by atoms with Crippen molar-refractivity contribution in [2.75, 3.05) is 12.3 Å². The van der Waals surface area contributed by atoms with E-state index in [-0.39, 0.29) is 10.7 Å². The maximum atomic E-state index is 12.1. The number of aromatic nitrogens is 1. The topological polar surface area (TPSA) is 85.1 Å². The Morgan fingerprint density at radius 3 is 2.89 bits per heavy atom. The van der Waals surface area contributed by atoms with Crippen LogP contribution >= 0.6 is 0 Å². The molecule has 100 valence electrons. The zero-order valence-electron chi connectivity index (χ0n) is 10.5. The van der Waals surface area contributed by atoms with Gasteiger partial charge in [-0.25, -0.2) is 18.1 Å². The fraction of sp³-hybridized carbons (Fsp3) is 0.583. The van der Waals surface area contributed by atoms with Gasteiger partial charge in [0.1, 0.15) is 10.7 Å². The van der Waals surface area contributed by atoms with Crippen LogP contribution in [0.4, 0.5) is 5.82 Å². The highest BCUT2D eigenvalue weighted by Crippen LogP contribution is 2.30. The van der Waals surface area contributed by atoms with E-state index in [1.54, 1.807) is 6.07 Å². The van der Waals surface area contributed by atoms with Crippen LogP contribution in [-0.4, -0.2) is 19.9 Å². The Bertz CT molecular complexity index is 516. The van der Waals surface area contributed by atoms with Crippen molar-refractivity contribution in [3.05, 3.63) is 18.3 Å². The van der Waals surface area contributed by atoms with E-state index in [2.05, 4.69) is 16.6 Å². The molecule has 1 aromatic rings. The predicted molar refractivity (Wildman–Crippen MR) is 70.3 cm³/mol. The lowest BCUT2D eigenvalue weighted by Crippen LogP contribution is -2.29. The molecule has 0 bridgehead atoms. The minimum Gasteiger partial charge on any atom is -0.383 e. The van der Waals surface area contributed by atoms with E-state index in [9.17, 15) is 8.42 Å². The van der Waals surface area contributed by atoms with Gasteiger partial charge in [-0.2, -0.15) is 0 Å². The van der Waals surface area contributed by atoms with Crippen molar-refractivity contribution in [2.24, 2.45) is 11.8 Å². The Hall–Kier alpha value is -1.14. The van der Waals surface area contributed by atoms with Crippen LogP contribution in [0.5, 0.6) is 0 Å². The van der Waals surface area contributed by atoms with Crippen molar-refractivity contribution in [1.29, 1.82) is 0 Å². The summed E-state index contributed by atoms with van der Waals surface area (Å²) in [5, 5.41) is 0. The molecule has 0 spiro atoms. The number of anilines is 1. The van der Waals surface area contributed by atoms with Crippen molar-refractivity contribution in [1.82, 2.24) is 9.71 Å². The lowest BCUT2D eigenvalue weighted by atomic mass is 10.1. The Morgan fingerprint density at radius 2 is 2.28 bits per heavy atom. The molecular weight excluding hydrogens is 250 g/mol. The maximum Gasteiger partial charge on any atom is 0.244 e. The molecule has 2 unspecified atom stereocenters. The van der Waals surface area contributed by atoms with Crippen LogP contribution in [0.1, 0.15) is 26.2 Å². The molecule has 0 radical (unpaired) electrons. The molecule has 2 atom stereocenters. The fourth-order valence-corrected chi connectivity index (χ4v) is 3.64. The lowest BCUT2D eigenvalue weighted by Gasteiger charge is -2.12. The third-order valence-corrected chi connectivity index (χ3v) is 4.93. The molecule has 1 aliphatic rings. The van der Waals surface area contributed by atoms with Gasteiger partial charge in [-0.15, -0.1) is 0 Å². The molecule has 0 aromatic carbocycles.